The predicted molar refractivity (Wildman–Crippen MR) is 86.7 cm³/mol. The van der Waals surface area contributed by atoms with Crippen molar-refractivity contribution in [1.29, 1.82) is 0 Å². The average molecular weight is 318 g/mol. The summed E-state index contributed by atoms with van der Waals surface area (Å²) in [7, 11) is 2.08. The molecule has 0 amide bonds. The fourth-order valence-corrected chi connectivity index (χ4v) is 4.41. The van der Waals surface area contributed by atoms with Gasteiger partial charge in [0.15, 0.2) is 0 Å². The summed E-state index contributed by atoms with van der Waals surface area (Å²) in [6.45, 7) is 0. The van der Waals surface area contributed by atoms with Gasteiger partial charge in [-0.05, 0) is 38.1 Å². The first-order valence-electron chi connectivity index (χ1n) is 6.99. The smallest absolute Gasteiger partial charge is 0.0603 e. The molecule has 0 bridgehead atoms. The van der Waals surface area contributed by atoms with Crippen LogP contribution in [-0.2, 0) is 0 Å². The summed E-state index contributed by atoms with van der Waals surface area (Å²) < 4.78 is 0. The second-order valence-electron chi connectivity index (χ2n) is 5.12. The third-order valence-electron chi connectivity index (χ3n) is 3.75. The van der Waals surface area contributed by atoms with Crippen LogP contribution < -0.4 is 5.32 Å². The summed E-state index contributed by atoms with van der Waals surface area (Å²) in [4.78, 5) is 1.22. The van der Waals surface area contributed by atoms with Crippen LogP contribution in [0.15, 0.2) is 23.1 Å². The Morgan fingerprint density at radius 3 is 2.47 bits per heavy atom. The van der Waals surface area contributed by atoms with Crippen molar-refractivity contribution in [3.63, 3.8) is 0 Å². The molecule has 4 heteroatoms. The lowest BCUT2D eigenvalue weighted by Gasteiger charge is -2.28. The van der Waals surface area contributed by atoms with Crippen molar-refractivity contribution in [2.24, 2.45) is 0 Å². The maximum Gasteiger partial charge on any atom is 0.0603 e. The van der Waals surface area contributed by atoms with E-state index in [2.05, 4.69) is 18.4 Å². The summed E-state index contributed by atoms with van der Waals surface area (Å²) in [5, 5.41) is 5.40. The Bertz CT molecular complexity index is 411. The summed E-state index contributed by atoms with van der Waals surface area (Å²) >= 11 is 14.0. The highest BCUT2D eigenvalue weighted by Crippen LogP contribution is 2.35. The molecule has 106 valence electrons. The molecule has 0 radical (unpaired) electrons. The highest BCUT2D eigenvalue weighted by Gasteiger charge is 2.22. The maximum atomic E-state index is 6.10. The molecular formula is C15H21Cl2NS. The largest absolute Gasteiger partial charge is 0.316 e. The molecule has 0 spiro atoms. The van der Waals surface area contributed by atoms with Crippen molar-refractivity contribution < 1.29 is 0 Å². The van der Waals surface area contributed by atoms with E-state index in [0.29, 0.717) is 21.3 Å². The number of halogens is 2. The molecule has 1 nitrogen and oxygen atoms in total. The van der Waals surface area contributed by atoms with Crippen molar-refractivity contribution in [1.82, 2.24) is 5.32 Å². The van der Waals surface area contributed by atoms with Gasteiger partial charge in [-0.3, -0.25) is 0 Å². The van der Waals surface area contributed by atoms with Crippen molar-refractivity contribution in [2.45, 2.75) is 54.7 Å². The molecule has 1 N–H and O–H groups in total. The lowest BCUT2D eigenvalue weighted by molar-refractivity contribution is 0.420. The average Bonchev–Trinajstić information content (AvgIpc) is 2.37. The van der Waals surface area contributed by atoms with E-state index in [1.54, 1.807) is 0 Å². The molecule has 1 saturated carbocycles. The molecule has 1 aliphatic carbocycles. The van der Waals surface area contributed by atoms with Gasteiger partial charge in [0, 0.05) is 16.2 Å². The van der Waals surface area contributed by atoms with Crippen LogP contribution in [0.25, 0.3) is 0 Å². The zero-order chi connectivity index (χ0) is 13.7. The highest BCUT2D eigenvalue weighted by molar-refractivity contribution is 8.00. The molecule has 1 aromatic carbocycles. The zero-order valence-corrected chi connectivity index (χ0v) is 13.6. The summed E-state index contributed by atoms with van der Waals surface area (Å²) in [6.07, 6.45) is 7.96. The molecule has 0 saturated heterocycles. The van der Waals surface area contributed by atoms with Crippen LogP contribution in [-0.4, -0.2) is 18.3 Å². The van der Waals surface area contributed by atoms with E-state index in [9.17, 15) is 0 Å². The standard InChI is InChI=1S/C15H21Cl2NS/c1-18-14-6-4-2-3-5-7-15(14)19-11-8-9-12(16)13(17)10-11/h8-10,14-15,18H,2-7H2,1H3. The maximum absolute atomic E-state index is 6.10. The fraction of sp³-hybridized carbons (Fsp3) is 0.600. The third-order valence-corrected chi connectivity index (χ3v) is 5.88. The summed E-state index contributed by atoms with van der Waals surface area (Å²) in [6, 6.07) is 6.55. The first kappa shape index (κ1) is 15.5. The molecule has 2 unspecified atom stereocenters. The zero-order valence-electron chi connectivity index (χ0n) is 11.3. The molecule has 1 aliphatic rings. The second-order valence-corrected chi connectivity index (χ2v) is 7.25. The van der Waals surface area contributed by atoms with Crippen LogP contribution in [0.2, 0.25) is 10.0 Å². The Morgan fingerprint density at radius 2 is 1.79 bits per heavy atom. The van der Waals surface area contributed by atoms with Gasteiger partial charge >= 0.3 is 0 Å². The molecule has 1 aromatic rings. The number of thioether (sulfide) groups is 1. The van der Waals surface area contributed by atoms with Crippen molar-refractivity contribution in [2.75, 3.05) is 7.05 Å². The van der Waals surface area contributed by atoms with Crippen LogP contribution in [0.3, 0.4) is 0 Å². The monoisotopic (exact) mass is 317 g/mol. The van der Waals surface area contributed by atoms with Crippen LogP contribution in [0.4, 0.5) is 0 Å². The van der Waals surface area contributed by atoms with Gasteiger partial charge in [-0.2, -0.15) is 0 Å². The summed E-state index contributed by atoms with van der Waals surface area (Å²) in [5.74, 6) is 0. The minimum atomic E-state index is 0.597. The van der Waals surface area contributed by atoms with Crippen molar-refractivity contribution >= 4 is 35.0 Å². The topological polar surface area (TPSA) is 12.0 Å². The van der Waals surface area contributed by atoms with Gasteiger partial charge < -0.3 is 5.32 Å². The van der Waals surface area contributed by atoms with Gasteiger partial charge in [0.25, 0.3) is 0 Å². The number of rotatable bonds is 3. The van der Waals surface area contributed by atoms with E-state index >= 15 is 0 Å². The Hall–Kier alpha value is 0.110. The van der Waals surface area contributed by atoms with E-state index in [1.807, 2.05) is 23.9 Å². The first-order valence-corrected chi connectivity index (χ1v) is 8.63. The molecular weight excluding hydrogens is 297 g/mol. The third kappa shape index (κ3) is 4.56. The van der Waals surface area contributed by atoms with Crippen LogP contribution >= 0.6 is 35.0 Å². The number of benzene rings is 1. The molecule has 2 rings (SSSR count). The van der Waals surface area contributed by atoms with Crippen molar-refractivity contribution in [3.05, 3.63) is 28.2 Å². The van der Waals surface area contributed by atoms with E-state index in [1.165, 1.54) is 43.4 Å². The van der Waals surface area contributed by atoms with Crippen LogP contribution in [0.1, 0.15) is 38.5 Å². The van der Waals surface area contributed by atoms with Gasteiger partial charge in [-0.25, -0.2) is 0 Å². The van der Waals surface area contributed by atoms with Gasteiger partial charge in [0.2, 0.25) is 0 Å². The molecule has 1 fully saturated rings. The minimum absolute atomic E-state index is 0.597. The van der Waals surface area contributed by atoms with Gasteiger partial charge in [-0.1, -0.05) is 48.9 Å². The second kappa shape index (κ2) is 7.78. The van der Waals surface area contributed by atoms with E-state index in [-0.39, 0.29) is 0 Å². The van der Waals surface area contributed by atoms with E-state index in [0.717, 1.165) is 0 Å². The van der Waals surface area contributed by atoms with Gasteiger partial charge in [0.05, 0.1) is 10.0 Å². The lowest BCUT2D eigenvalue weighted by Crippen LogP contribution is -2.36. The van der Waals surface area contributed by atoms with Crippen LogP contribution in [0, 0.1) is 0 Å². The Morgan fingerprint density at radius 1 is 1.05 bits per heavy atom. The Labute approximate surface area is 130 Å². The fourth-order valence-electron chi connectivity index (χ4n) is 2.65. The van der Waals surface area contributed by atoms with Crippen LogP contribution in [0.5, 0.6) is 0 Å². The van der Waals surface area contributed by atoms with E-state index in [4.69, 9.17) is 23.2 Å². The Kier molecular flexibility index (Phi) is 6.34. The first-order chi connectivity index (χ1) is 9.20. The number of nitrogens with one attached hydrogen (secondary N) is 1. The van der Waals surface area contributed by atoms with Gasteiger partial charge in [0.1, 0.15) is 0 Å². The summed E-state index contributed by atoms with van der Waals surface area (Å²) in [5.41, 5.74) is 0. The molecule has 0 aliphatic heterocycles. The van der Waals surface area contributed by atoms with E-state index < -0.39 is 0 Å². The number of hydrogen-bond acceptors (Lipinski definition) is 2. The molecule has 19 heavy (non-hydrogen) atoms. The molecule has 2 atom stereocenters. The van der Waals surface area contributed by atoms with Crippen molar-refractivity contribution in [3.8, 4) is 0 Å². The Balaban J connectivity index is 2.06. The number of hydrogen-bond donors (Lipinski definition) is 1. The quantitative estimate of drug-likeness (QED) is 0.801. The SMILES string of the molecule is CNC1CCCCCCC1Sc1ccc(Cl)c(Cl)c1. The molecule has 0 heterocycles. The normalized spacial score (nSPS) is 24.8. The minimum Gasteiger partial charge on any atom is -0.316 e. The molecule has 0 aromatic heterocycles. The highest BCUT2D eigenvalue weighted by atomic mass is 35.5. The van der Waals surface area contributed by atoms with Gasteiger partial charge in [-0.15, -0.1) is 11.8 Å². The predicted octanol–water partition coefficient (Wildman–Crippen LogP) is 5.40. The lowest BCUT2D eigenvalue weighted by atomic mass is 9.96.